The van der Waals surface area contributed by atoms with Gasteiger partial charge in [0.15, 0.2) is 11.6 Å². The first-order valence-electron chi connectivity index (χ1n) is 4.58. The molecule has 0 aliphatic rings. The van der Waals surface area contributed by atoms with Crippen LogP contribution in [0.3, 0.4) is 0 Å². The molecule has 0 unspecified atom stereocenters. The third-order valence-electron chi connectivity index (χ3n) is 1.97. The van der Waals surface area contributed by atoms with Crippen molar-refractivity contribution in [2.75, 3.05) is 11.1 Å². The third-order valence-corrected chi connectivity index (χ3v) is 2.30. The van der Waals surface area contributed by atoms with Crippen LogP contribution in [0, 0.1) is 0 Å². The minimum absolute atomic E-state index is 0.150. The topological polar surface area (TPSA) is 68.3 Å². The number of nitrogen functional groups attached to an aromatic ring is 1. The van der Waals surface area contributed by atoms with Crippen molar-refractivity contribution in [2.45, 2.75) is 0 Å². The Morgan fingerprint density at radius 3 is 2.62 bits per heavy atom. The Balaban J connectivity index is 2.17. The molecule has 0 atom stereocenters. The van der Waals surface area contributed by atoms with Crippen molar-refractivity contribution in [1.82, 2.24) is 0 Å². The summed E-state index contributed by atoms with van der Waals surface area (Å²) >= 11 is 5.89. The summed E-state index contributed by atoms with van der Waals surface area (Å²) in [5, 5.41) is 3.09. The summed E-state index contributed by atoms with van der Waals surface area (Å²) in [6.07, 6.45) is 0. The van der Waals surface area contributed by atoms with E-state index in [1.54, 1.807) is 24.3 Å². The predicted molar refractivity (Wildman–Crippen MR) is 62.5 cm³/mol. The molecule has 1 heterocycles. The van der Waals surface area contributed by atoms with Gasteiger partial charge in [0.2, 0.25) is 0 Å². The summed E-state index contributed by atoms with van der Waals surface area (Å²) in [5.41, 5.74) is 5.90. The highest BCUT2D eigenvalue weighted by Crippen LogP contribution is 2.21. The molecule has 0 saturated carbocycles. The van der Waals surface area contributed by atoms with E-state index in [2.05, 4.69) is 5.32 Å². The van der Waals surface area contributed by atoms with E-state index >= 15 is 0 Å². The molecular weight excluding hydrogens is 228 g/mol. The standard InChI is InChI=1S/C11H9ClN2O2/c12-7-3-1-2-4-8(7)14-11(15)9-5-6-10(13)16-9/h1-6H,13H2,(H,14,15). The summed E-state index contributed by atoms with van der Waals surface area (Å²) in [6.45, 7) is 0. The summed E-state index contributed by atoms with van der Waals surface area (Å²) in [4.78, 5) is 11.7. The number of anilines is 2. The number of nitrogens with two attached hydrogens (primary N) is 1. The van der Waals surface area contributed by atoms with Crippen LogP contribution in [0.1, 0.15) is 10.6 Å². The molecule has 3 N–H and O–H groups in total. The minimum Gasteiger partial charge on any atom is -0.436 e. The number of carbonyl (C=O) groups is 1. The third kappa shape index (κ3) is 2.17. The second-order valence-electron chi connectivity index (χ2n) is 3.14. The molecule has 2 aromatic rings. The molecule has 1 aromatic heterocycles. The summed E-state index contributed by atoms with van der Waals surface area (Å²) in [5.74, 6) is -0.0356. The lowest BCUT2D eigenvalue weighted by atomic mass is 10.3. The first kappa shape index (κ1) is 10.6. The maximum absolute atomic E-state index is 11.7. The Kier molecular flexibility index (Phi) is 2.83. The summed E-state index contributed by atoms with van der Waals surface area (Å²) in [6, 6.07) is 9.96. The maximum atomic E-state index is 11.7. The lowest BCUT2D eigenvalue weighted by molar-refractivity contribution is 0.0997. The van der Waals surface area contributed by atoms with E-state index in [0.717, 1.165) is 0 Å². The van der Waals surface area contributed by atoms with Crippen molar-refractivity contribution < 1.29 is 9.21 Å². The van der Waals surface area contributed by atoms with Crippen molar-refractivity contribution in [3.05, 3.63) is 47.2 Å². The van der Waals surface area contributed by atoms with Gasteiger partial charge in [-0.25, -0.2) is 0 Å². The number of para-hydroxylation sites is 1. The van der Waals surface area contributed by atoms with Crippen molar-refractivity contribution in [3.8, 4) is 0 Å². The second-order valence-corrected chi connectivity index (χ2v) is 3.54. The molecule has 0 aliphatic heterocycles. The Morgan fingerprint density at radius 1 is 1.25 bits per heavy atom. The number of hydrogen-bond acceptors (Lipinski definition) is 3. The number of halogens is 1. The molecular formula is C11H9ClN2O2. The van der Waals surface area contributed by atoms with Gasteiger partial charge >= 0.3 is 0 Å². The van der Waals surface area contributed by atoms with Crippen molar-refractivity contribution in [3.63, 3.8) is 0 Å². The molecule has 0 fully saturated rings. The van der Waals surface area contributed by atoms with Crippen molar-refractivity contribution >= 4 is 29.1 Å². The van der Waals surface area contributed by atoms with Gasteiger partial charge in [-0.15, -0.1) is 0 Å². The monoisotopic (exact) mass is 236 g/mol. The number of furan rings is 1. The van der Waals surface area contributed by atoms with Gasteiger partial charge in [0.25, 0.3) is 5.91 Å². The predicted octanol–water partition coefficient (Wildman–Crippen LogP) is 2.77. The van der Waals surface area contributed by atoms with Crippen LogP contribution < -0.4 is 11.1 Å². The fourth-order valence-electron chi connectivity index (χ4n) is 1.22. The van der Waals surface area contributed by atoms with Crippen LogP contribution in [0.5, 0.6) is 0 Å². The minimum atomic E-state index is -0.384. The summed E-state index contributed by atoms with van der Waals surface area (Å²) in [7, 11) is 0. The average molecular weight is 237 g/mol. The van der Waals surface area contributed by atoms with Crippen molar-refractivity contribution in [1.29, 1.82) is 0 Å². The van der Waals surface area contributed by atoms with Crippen LogP contribution in [-0.4, -0.2) is 5.91 Å². The normalized spacial score (nSPS) is 10.1. The molecule has 0 bridgehead atoms. The molecule has 0 spiro atoms. The molecule has 5 heteroatoms. The Hall–Kier alpha value is -1.94. The van der Waals surface area contributed by atoms with Gasteiger partial charge < -0.3 is 15.5 Å². The Labute approximate surface area is 97.0 Å². The van der Waals surface area contributed by atoms with E-state index in [4.69, 9.17) is 21.8 Å². The van der Waals surface area contributed by atoms with Crippen LogP contribution in [0.15, 0.2) is 40.8 Å². The highest BCUT2D eigenvalue weighted by Gasteiger charge is 2.11. The molecule has 0 saturated heterocycles. The van der Waals surface area contributed by atoms with E-state index in [9.17, 15) is 4.79 Å². The molecule has 2 rings (SSSR count). The van der Waals surface area contributed by atoms with Gasteiger partial charge in [-0.1, -0.05) is 23.7 Å². The molecule has 1 amide bonds. The fraction of sp³-hybridized carbons (Fsp3) is 0. The zero-order valence-corrected chi connectivity index (χ0v) is 8.99. The lowest BCUT2D eigenvalue weighted by Gasteiger charge is -2.04. The molecule has 0 aliphatic carbocycles. The Bertz CT molecular complexity index is 522. The van der Waals surface area contributed by atoms with Gasteiger partial charge in [0, 0.05) is 6.07 Å². The van der Waals surface area contributed by atoms with Gasteiger partial charge in [-0.05, 0) is 18.2 Å². The molecule has 4 nitrogen and oxygen atoms in total. The highest BCUT2D eigenvalue weighted by atomic mass is 35.5. The van der Waals surface area contributed by atoms with Crippen LogP contribution >= 0.6 is 11.6 Å². The van der Waals surface area contributed by atoms with Gasteiger partial charge in [-0.3, -0.25) is 4.79 Å². The SMILES string of the molecule is Nc1ccc(C(=O)Nc2ccccc2Cl)o1. The quantitative estimate of drug-likeness (QED) is 0.843. The van der Waals surface area contributed by atoms with Gasteiger partial charge in [0.1, 0.15) is 0 Å². The maximum Gasteiger partial charge on any atom is 0.291 e. The second kappa shape index (κ2) is 4.28. The molecule has 16 heavy (non-hydrogen) atoms. The molecule has 1 aromatic carbocycles. The van der Waals surface area contributed by atoms with Crippen LogP contribution in [0.25, 0.3) is 0 Å². The van der Waals surface area contributed by atoms with E-state index in [0.29, 0.717) is 10.7 Å². The van der Waals surface area contributed by atoms with Crippen LogP contribution in [-0.2, 0) is 0 Å². The first-order chi connectivity index (χ1) is 7.66. The zero-order chi connectivity index (χ0) is 11.5. The van der Waals surface area contributed by atoms with E-state index < -0.39 is 0 Å². The first-order valence-corrected chi connectivity index (χ1v) is 4.96. The van der Waals surface area contributed by atoms with E-state index in [-0.39, 0.29) is 17.6 Å². The van der Waals surface area contributed by atoms with E-state index in [1.807, 2.05) is 0 Å². The zero-order valence-electron chi connectivity index (χ0n) is 8.24. The van der Waals surface area contributed by atoms with Gasteiger partial charge in [0.05, 0.1) is 10.7 Å². The number of rotatable bonds is 2. The van der Waals surface area contributed by atoms with Crippen LogP contribution in [0.4, 0.5) is 11.6 Å². The summed E-state index contributed by atoms with van der Waals surface area (Å²) < 4.78 is 4.98. The van der Waals surface area contributed by atoms with Crippen molar-refractivity contribution in [2.24, 2.45) is 0 Å². The molecule has 0 radical (unpaired) electrons. The molecule has 82 valence electrons. The smallest absolute Gasteiger partial charge is 0.291 e. The van der Waals surface area contributed by atoms with Gasteiger partial charge in [-0.2, -0.15) is 0 Å². The highest BCUT2D eigenvalue weighted by molar-refractivity contribution is 6.33. The number of benzene rings is 1. The Morgan fingerprint density at radius 2 is 2.00 bits per heavy atom. The van der Waals surface area contributed by atoms with Crippen LogP contribution in [0.2, 0.25) is 5.02 Å². The number of hydrogen-bond donors (Lipinski definition) is 2. The largest absolute Gasteiger partial charge is 0.436 e. The average Bonchev–Trinajstić information content (AvgIpc) is 2.68. The fourth-order valence-corrected chi connectivity index (χ4v) is 1.40. The number of carbonyl (C=O) groups excluding carboxylic acids is 1. The lowest BCUT2D eigenvalue weighted by Crippen LogP contribution is -2.11. The number of amides is 1. The van der Waals surface area contributed by atoms with E-state index in [1.165, 1.54) is 12.1 Å². The number of nitrogens with one attached hydrogen (secondary N) is 1.